The molecule has 5 aromatic carbocycles. The lowest BCUT2D eigenvalue weighted by atomic mass is 9.91. The summed E-state index contributed by atoms with van der Waals surface area (Å²) in [6.45, 7) is 0.163. The average Bonchev–Trinajstić information content (AvgIpc) is 3.49. The Morgan fingerprint density at radius 3 is 2.21 bits per heavy atom. The van der Waals surface area contributed by atoms with Gasteiger partial charge in [0.15, 0.2) is 5.78 Å². The van der Waals surface area contributed by atoms with Gasteiger partial charge in [-0.1, -0.05) is 72.8 Å². The van der Waals surface area contributed by atoms with Crippen LogP contribution in [0, 0.1) is 0 Å². The van der Waals surface area contributed by atoms with Crippen LogP contribution in [0.25, 0.3) is 43.4 Å². The number of hydrogen-bond acceptors (Lipinski definition) is 4. The number of carbonyl (C=O) groups is 3. The summed E-state index contributed by atoms with van der Waals surface area (Å²) in [5.41, 5.74) is 3.67. The second kappa shape index (κ2) is 9.14. The summed E-state index contributed by atoms with van der Waals surface area (Å²) in [6.07, 6.45) is 4.78. The van der Waals surface area contributed by atoms with Crippen LogP contribution >= 0.6 is 0 Å². The number of allylic oxidation sites excluding steroid dienone is 2. The predicted molar refractivity (Wildman–Crippen MR) is 164 cm³/mol. The number of ether oxygens (including phenoxy) is 1. The molecule has 0 fully saturated rings. The SMILES string of the molecule is COc1ccc(CN2C(=O)c3c(c4c5ccccc5n(C5C=CC(=O)CC5)c4c4ccc5ccccc5c34)C2=O)cc1. The number of aromatic nitrogens is 1. The van der Waals surface area contributed by atoms with Crippen molar-refractivity contribution in [3.8, 4) is 5.75 Å². The Morgan fingerprint density at radius 1 is 0.762 bits per heavy atom. The molecule has 1 aromatic heterocycles. The first kappa shape index (κ1) is 24.6. The number of amides is 2. The minimum Gasteiger partial charge on any atom is -0.497 e. The Hall–Kier alpha value is -5.23. The standard InChI is InChI=1S/C36H26N2O4/c1-42-25-17-10-21(11-18-25)20-37-35(40)32-30-26-7-3-2-6-22(26)12-19-28(30)34-31(33(32)36(37)41)27-8-4-5-9-29(27)38(34)23-13-15-24(39)16-14-23/h2-13,15,17-19,23H,14,16,20H2,1H3. The van der Waals surface area contributed by atoms with Crippen LogP contribution in [0.1, 0.15) is 45.2 Å². The molecule has 0 saturated carbocycles. The van der Waals surface area contributed by atoms with Gasteiger partial charge in [0.05, 0.1) is 36.3 Å². The first-order valence-electron chi connectivity index (χ1n) is 14.2. The van der Waals surface area contributed by atoms with Crippen LogP contribution in [0.5, 0.6) is 5.75 Å². The topological polar surface area (TPSA) is 68.6 Å². The number of rotatable bonds is 4. The monoisotopic (exact) mass is 550 g/mol. The van der Waals surface area contributed by atoms with Crippen molar-refractivity contribution in [2.24, 2.45) is 0 Å². The lowest BCUT2D eigenvalue weighted by molar-refractivity contribution is -0.115. The van der Waals surface area contributed by atoms with Gasteiger partial charge in [0.2, 0.25) is 0 Å². The molecule has 6 nitrogen and oxygen atoms in total. The zero-order chi connectivity index (χ0) is 28.5. The van der Waals surface area contributed by atoms with Gasteiger partial charge in [-0.2, -0.15) is 0 Å². The van der Waals surface area contributed by atoms with E-state index in [1.54, 1.807) is 13.2 Å². The number of benzene rings is 5. The molecule has 1 aliphatic heterocycles. The van der Waals surface area contributed by atoms with Gasteiger partial charge >= 0.3 is 0 Å². The molecule has 1 unspecified atom stereocenters. The van der Waals surface area contributed by atoms with Crippen LogP contribution in [0.15, 0.2) is 97.1 Å². The first-order valence-corrected chi connectivity index (χ1v) is 14.2. The summed E-state index contributed by atoms with van der Waals surface area (Å²) < 4.78 is 7.57. The van der Waals surface area contributed by atoms with E-state index < -0.39 is 0 Å². The molecule has 2 heterocycles. The highest BCUT2D eigenvalue weighted by Crippen LogP contribution is 2.47. The van der Waals surface area contributed by atoms with Gasteiger partial charge in [0.25, 0.3) is 11.8 Å². The molecule has 0 N–H and O–H groups in total. The fourth-order valence-electron chi connectivity index (χ4n) is 6.86. The Balaban J connectivity index is 1.48. The van der Waals surface area contributed by atoms with Crippen LogP contribution in [-0.2, 0) is 11.3 Å². The number of imide groups is 1. The number of ketones is 1. The number of para-hydroxylation sites is 1. The second-order valence-electron chi connectivity index (χ2n) is 11.0. The smallest absolute Gasteiger partial charge is 0.262 e. The summed E-state index contributed by atoms with van der Waals surface area (Å²) in [5, 5.41) is 5.39. The molecule has 42 heavy (non-hydrogen) atoms. The zero-order valence-electron chi connectivity index (χ0n) is 23.0. The van der Waals surface area contributed by atoms with Gasteiger partial charge in [-0.05, 0) is 47.0 Å². The molecule has 2 amide bonds. The molecule has 0 saturated heterocycles. The Labute approximate surface area is 241 Å². The predicted octanol–water partition coefficient (Wildman–Crippen LogP) is 7.37. The van der Waals surface area contributed by atoms with Crippen LogP contribution < -0.4 is 4.74 Å². The number of nitrogens with zero attached hydrogens (tertiary/aromatic N) is 2. The number of fused-ring (bicyclic) bond motifs is 10. The van der Waals surface area contributed by atoms with E-state index in [0.29, 0.717) is 29.7 Å². The van der Waals surface area contributed by atoms with Crippen LogP contribution in [-0.4, -0.2) is 34.2 Å². The highest BCUT2D eigenvalue weighted by atomic mass is 16.5. The van der Waals surface area contributed by atoms with E-state index in [2.05, 4.69) is 22.8 Å². The molecule has 2 aliphatic rings. The lowest BCUT2D eigenvalue weighted by Gasteiger charge is -2.21. The van der Waals surface area contributed by atoms with Crippen molar-refractivity contribution in [1.29, 1.82) is 0 Å². The third-order valence-corrected chi connectivity index (χ3v) is 8.78. The largest absolute Gasteiger partial charge is 0.497 e. The van der Waals surface area contributed by atoms with Gasteiger partial charge in [-0.15, -0.1) is 0 Å². The molecular weight excluding hydrogens is 524 g/mol. The van der Waals surface area contributed by atoms with Crippen LogP contribution in [0.4, 0.5) is 0 Å². The van der Waals surface area contributed by atoms with Gasteiger partial charge in [-0.25, -0.2) is 0 Å². The number of methoxy groups -OCH3 is 1. The minimum atomic E-state index is -0.289. The normalized spacial score (nSPS) is 16.8. The molecular formula is C36H26N2O4. The van der Waals surface area contributed by atoms with Crippen molar-refractivity contribution in [1.82, 2.24) is 9.47 Å². The molecule has 8 rings (SSSR count). The van der Waals surface area contributed by atoms with Crippen molar-refractivity contribution < 1.29 is 19.1 Å². The molecule has 204 valence electrons. The maximum absolute atomic E-state index is 14.4. The fourth-order valence-corrected chi connectivity index (χ4v) is 6.86. The Kier molecular flexibility index (Phi) is 5.35. The van der Waals surface area contributed by atoms with E-state index in [4.69, 9.17) is 4.74 Å². The van der Waals surface area contributed by atoms with Crippen molar-refractivity contribution in [2.75, 3.05) is 7.11 Å². The van der Waals surface area contributed by atoms with Crippen molar-refractivity contribution >= 4 is 60.9 Å². The molecule has 0 bridgehead atoms. The van der Waals surface area contributed by atoms with Gasteiger partial charge in [0, 0.05) is 33.5 Å². The lowest BCUT2D eigenvalue weighted by Crippen LogP contribution is -2.29. The Bertz CT molecular complexity index is 2170. The quantitative estimate of drug-likeness (QED) is 0.170. The van der Waals surface area contributed by atoms with Crippen molar-refractivity contribution in [2.45, 2.75) is 25.4 Å². The maximum Gasteiger partial charge on any atom is 0.262 e. The van der Waals surface area contributed by atoms with Gasteiger partial charge in [0.1, 0.15) is 5.75 Å². The molecule has 0 radical (unpaired) electrons. The van der Waals surface area contributed by atoms with E-state index >= 15 is 0 Å². The molecule has 1 aliphatic carbocycles. The van der Waals surface area contributed by atoms with E-state index in [1.807, 2.05) is 72.8 Å². The number of hydrogen-bond donors (Lipinski definition) is 0. The summed E-state index contributed by atoms with van der Waals surface area (Å²) in [4.78, 5) is 42.3. The van der Waals surface area contributed by atoms with Crippen molar-refractivity contribution in [3.05, 3.63) is 114 Å². The summed E-state index contributed by atoms with van der Waals surface area (Å²) in [6, 6.07) is 27.6. The highest BCUT2D eigenvalue weighted by Gasteiger charge is 2.41. The third-order valence-electron chi connectivity index (χ3n) is 8.78. The second-order valence-corrected chi connectivity index (χ2v) is 11.0. The van der Waals surface area contributed by atoms with Crippen LogP contribution in [0.3, 0.4) is 0 Å². The van der Waals surface area contributed by atoms with E-state index in [0.717, 1.165) is 48.9 Å². The van der Waals surface area contributed by atoms with Gasteiger partial charge < -0.3 is 9.30 Å². The summed E-state index contributed by atoms with van der Waals surface area (Å²) >= 11 is 0. The van der Waals surface area contributed by atoms with Gasteiger partial charge in [-0.3, -0.25) is 19.3 Å². The Morgan fingerprint density at radius 2 is 1.48 bits per heavy atom. The molecule has 6 heteroatoms. The number of carbonyl (C=O) groups excluding carboxylic acids is 3. The fraction of sp³-hybridized carbons (Fsp3) is 0.139. The molecule has 6 aromatic rings. The third kappa shape index (κ3) is 3.41. The first-order chi connectivity index (χ1) is 20.5. The molecule has 1 atom stereocenters. The molecule has 0 spiro atoms. The van der Waals surface area contributed by atoms with Crippen LogP contribution in [0.2, 0.25) is 0 Å². The van der Waals surface area contributed by atoms with E-state index in [1.165, 1.54) is 4.90 Å². The summed E-state index contributed by atoms with van der Waals surface area (Å²) in [7, 11) is 1.61. The average molecular weight is 551 g/mol. The minimum absolute atomic E-state index is 0.0552. The maximum atomic E-state index is 14.4. The van der Waals surface area contributed by atoms with E-state index in [-0.39, 0.29) is 30.2 Å². The highest BCUT2D eigenvalue weighted by molar-refractivity contribution is 6.39. The van der Waals surface area contributed by atoms with E-state index in [9.17, 15) is 14.4 Å². The van der Waals surface area contributed by atoms with Crippen molar-refractivity contribution in [3.63, 3.8) is 0 Å². The summed E-state index contributed by atoms with van der Waals surface area (Å²) in [5.74, 6) is 0.266. The zero-order valence-corrected chi connectivity index (χ0v) is 23.0.